The quantitative estimate of drug-likeness (QED) is 0.0569. The molecule has 0 atom stereocenters. The van der Waals surface area contributed by atoms with Gasteiger partial charge in [0.25, 0.3) is 0 Å². The molecule has 0 radical (unpaired) electrons. The van der Waals surface area contributed by atoms with Crippen molar-refractivity contribution in [3.63, 3.8) is 0 Å². The van der Waals surface area contributed by atoms with Crippen LogP contribution in [-0.2, 0) is 14.3 Å². The highest BCUT2D eigenvalue weighted by Gasteiger charge is 2.22. The largest absolute Gasteiger partial charge is 0.461 e. The lowest BCUT2D eigenvalue weighted by molar-refractivity contribution is -0.145. The molecule has 1 saturated heterocycles. The minimum absolute atomic E-state index is 0.00918. The van der Waals surface area contributed by atoms with Gasteiger partial charge in [0.05, 0.1) is 6.42 Å². The van der Waals surface area contributed by atoms with Gasteiger partial charge in [-0.2, -0.15) is 0 Å². The molecule has 6 heteroatoms. The average molecular weight is 876 g/mol. The Kier molecular flexibility index (Phi) is 29.6. The van der Waals surface area contributed by atoms with E-state index in [1.165, 1.54) is 63.0 Å². The van der Waals surface area contributed by atoms with E-state index in [1.54, 1.807) is 6.20 Å². The first-order valence-electron chi connectivity index (χ1n) is 24.7. The zero-order valence-electron chi connectivity index (χ0n) is 42.3. The molecule has 0 aliphatic carbocycles. The van der Waals surface area contributed by atoms with Crippen molar-refractivity contribution in [3.8, 4) is 0 Å². The van der Waals surface area contributed by atoms with Gasteiger partial charge in [0.1, 0.15) is 12.4 Å². The summed E-state index contributed by atoms with van der Waals surface area (Å²) in [5.74, 6) is 0.624. The average Bonchev–Trinajstić information content (AvgIpc) is 3.25. The van der Waals surface area contributed by atoms with E-state index in [-0.39, 0.29) is 31.3 Å². The van der Waals surface area contributed by atoms with Crippen molar-refractivity contribution in [2.45, 2.75) is 185 Å². The van der Waals surface area contributed by atoms with E-state index in [0.717, 1.165) is 109 Å². The summed E-state index contributed by atoms with van der Waals surface area (Å²) in [5.41, 5.74) is 13.1. The molecule has 0 N–H and O–H groups in total. The standard InChI is InChI=1S/C58H89N3O3/c1-47(2)21-13-22-48(3)23-14-24-49(4)25-15-26-50(5)27-16-28-51(6)29-17-30-52(7)31-18-32-53(8)33-19-34-54(9)35-20-36-55(10)40-46-64-58(63)39-38-57(62)61-44-42-60(43-45-61)56-37-11-12-41-59-56/h11-12,21,23,25,27,29,31,33,35,37,40-41H,13-20,22,24,26,28,30,32,34,36,38-39,42-46H2,1-10H3/b48-23+,49-25+,50-27+,51-29+,52-31+,53-33+,54-35+,55-40+. The molecule has 0 saturated carbocycles. The Morgan fingerprint density at radius 2 is 0.828 bits per heavy atom. The lowest BCUT2D eigenvalue weighted by Gasteiger charge is -2.35. The topological polar surface area (TPSA) is 62.7 Å². The molecule has 1 fully saturated rings. The minimum atomic E-state index is -0.321. The van der Waals surface area contributed by atoms with Gasteiger partial charge in [0, 0.05) is 38.8 Å². The Morgan fingerprint density at radius 3 is 1.17 bits per heavy atom. The fourth-order valence-corrected chi connectivity index (χ4v) is 7.67. The molecule has 1 aliphatic rings. The predicted octanol–water partition coefficient (Wildman–Crippen LogP) is 15.8. The molecule has 0 unspecified atom stereocenters. The van der Waals surface area contributed by atoms with Crippen LogP contribution in [0.4, 0.5) is 5.82 Å². The number of rotatable bonds is 30. The van der Waals surface area contributed by atoms with Crippen molar-refractivity contribution in [2.24, 2.45) is 0 Å². The molecule has 6 nitrogen and oxygen atoms in total. The molecule has 1 aromatic rings. The van der Waals surface area contributed by atoms with Crippen molar-refractivity contribution in [1.82, 2.24) is 9.88 Å². The van der Waals surface area contributed by atoms with Gasteiger partial charge < -0.3 is 14.5 Å². The van der Waals surface area contributed by atoms with Gasteiger partial charge in [0.15, 0.2) is 0 Å². The van der Waals surface area contributed by atoms with Crippen LogP contribution < -0.4 is 4.90 Å². The number of piperazine rings is 1. The summed E-state index contributed by atoms with van der Waals surface area (Å²) in [4.78, 5) is 33.4. The van der Waals surface area contributed by atoms with E-state index in [9.17, 15) is 9.59 Å². The molecular weight excluding hydrogens is 787 g/mol. The monoisotopic (exact) mass is 876 g/mol. The summed E-state index contributed by atoms with van der Waals surface area (Å²) in [6.07, 6.45) is 41.2. The van der Waals surface area contributed by atoms with E-state index < -0.39 is 0 Å². The Hall–Kier alpha value is -4.45. The van der Waals surface area contributed by atoms with Crippen LogP contribution >= 0.6 is 0 Å². The number of hydrogen-bond acceptors (Lipinski definition) is 5. The van der Waals surface area contributed by atoms with Crippen LogP contribution in [0.2, 0.25) is 0 Å². The summed E-state index contributed by atoms with van der Waals surface area (Å²) in [7, 11) is 0. The second kappa shape index (κ2) is 34.0. The summed E-state index contributed by atoms with van der Waals surface area (Å²) >= 11 is 0. The Bertz CT molecular complexity index is 1800. The zero-order chi connectivity index (χ0) is 47.0. The molecule has 64 heavy (non-hydrogen) atoms. The second-order valence-corrected chi connectivity index (χ2v) is 18.7. The molecule has 354 valence electrons. The van der Waals surface area contributed by atoms with Gasteiger partial charge in [-0.3, -0.25) is 9.59 Å². The molecule has 1 aliphatic heterocycles. The van der Waals surface area contributed by atoms with Crippen LogP contribution in [0.25, 0.3) is 0 Å². The Labute approximate surface area is 392 Å². The fourth-order valence-electron chi connectivity index (χ4n) is 7.67. The first-order chi connectivity index (χ1) is 30.7. The Morgan fingerprint density at radius 1 is 0.469 bits per heavy atom. The van der Waals surface area contributed by atoms with E-state index in [0.29, 0.717) is 13.1 Å². The van der Waals surface area contributed by atoms with Crippen LogP contribution in [0.15, 0.2) is 129 Å². The van der Waals surface area contributed by atoms with Gasteiger partial charge >= 0.3 is 5.97 Å². The number of nitrogens with zero attached hydrogens (tertiary/aromatic N) is 3. The van der Waals surface area contributed by atoms with Crippen molar-refractivity contribution < 1.29 is 14.3 Å². The van der Waals surface area contributed by atoms with E-state index in [2.05, 4.69) is 128 Å². The van der Waals surface area contributed by atoms with Gasteiger partial charge in [-0.1, -0.05) is 105 Å². The molecule has 0 bridgehead atoms. The molecule has 2 heterocycles. The summed E-state index contributed by atoms with van der Waals surface area (Å²) in [6, 6.07) is 5.87. The van der Waals surface area contributed by atoms with Crippen molar-refractivity contribution in [3.05, 3.63) is 129 Å². The lowest BCUT2D eigenvalue weighted by atomic mass is 10.0. The molecule has 2 rings (SSSR count). The van der Waals surface area contributed by atoms with Gasteiger partial charge in [-0.05, 0) is 190 Å². The summed E-state index contributed by atoms with van der Waals surface area (Å²) < 4.78 is 5.41. The SMILES string of the molecule is CC(C)=CCC/C(C)=C/CC/C(C)=C/CC/C(C)=C/CC/C(C)=C/CC/C(C)=C/CC/C(C)=C/CC/C(C)=C/CC/C(C)=C/COC(=O)CCC(=O)N1CCN(c2ccccn2)CC1. The normalized spacial score (nSPS) is 15.2. The number of carbonyl (C=O) groups excluding carboxylic acids is 2. The highest BCUT2D eigenvalue weighted by atomic mass is 16.5. The first-order valence-corrected chi connectivity index (χ1v) is 24.7. The van der Waals surface area contributed by atoms with Crippen LogP contribution in [0.3, 0.4) is 0 Å². The number of hydrogen-bond donors (Lipinski definition) is 0. The number of allylic oxidation sites excluding steroid dienone is 17. The molecule has 1 aromatic heterocycles. The van der Waals surface area contributed by atoms with Gasteiger partial charge in [-0.15, -0.1) is 0 Å². The number of carbonyl (C=O) groups is 2. The van der Waals surface area contributed by atoms with Gasteiger partial charge in [-0.25, -0.2) is 4.98 Å². The molecule has 1 amide bonds. The number of ether oxygens (including phenoxy) is 1. The van der Waals surface area contributed by atoms with Crippen LogP contribution in [0.5, 0.6) is 0 Å². The predicted molar refractivity (Wildman–Crippen MR) is 277 cm³/mol. The highest BCUT2D eigenvalue weighted by molar-refractivity contribution is 5.81. The van der Waals surface area contributed by atoms with Crippen LogP contribution in [0.1, 0.15) is 185 Å². The van der Waals surface area contributed by atoms with Crippen molar-refractivity contribution in [1.29, 1.82) is 0 Å². The minimum Gasteiger partial charge on any atom is -0.461 e. The first kappa shape index (κ1) is 55.7. The molecule has 0 aromatic carbocycles. The maximum Gasteiger partial charge on any atom is 0.306 e. The lowest BCUT2D eigenvalue weighted by Crippen LogP contribution is -2.49. The molecular formula is C58H89N3O3. The van der Waals surface area contributed by atoms with E-state index in [4.69, 9.17) is 4.74 Å². The third-order valence-electron chi connectivity index (χ3n) is 12.1. The van der Waals surface area contributed by atoms with Crippen molar-refractivity contribution >= 4 is 17.7 Å². The maximum atomic E-state index is 12.7. The number of amides is 1. The van der Waals surface area contributed by atoms with Crippen molar-refractivity contribution in [2.75, 3.05) is 37.7 Å². The fraction of sp³-hybridized carbons (Fsp3) is 0.569. The van der Waals surface area contributed by atoms with Gasteiger partial charge in [0.2, 0.25) is 5.91 Å². The third kappa shape index (κ3) is 28.4. The number of pyridine rings is 1. The smallest absolute Gasteiger partial charge is 0.306 e. The number of aromatic nitrogens is 1. The summed E-state index contributed by atoms with van der Waals surface area (Å²) in [5, 5.41) is 0. The zero-order valence-corrected chi connectivity index (χ0v) is 42.3. The number of esters is 1. The molecule has 0 spiro atoms. The second-order valence-electron chi connectivity index (χ2n) is 18.7. The summed E-state index contributed by atoms with van der Waals surface area (Å²) in [6.45, 7) is 25.4. The Balaban J connectivity index is 1.52. The number of anilines is 1. The third-order valence-corrected chi connectivity index (χ3v) is 12.1. The van der Waals surface area contributed by atoms with E-state index >= 15 is 0 Å². The van der Waals surface area contributed by atoms with Crippen LogP contribution in [0, 0.1) is 0 Å². The maximum absolute atomic E-state index is 12.7. The van der Waals surface area contributed by atoms with E-state index in [1.807, 2.05) is 29.2 Å². The highest BCUT2D eigenvalue weighted by Crippen LogP contribution is 2.19. The van der Waals surface area contributed by atoms with Crippen LogP contribution in [-0.4, -0.2) is 54.5 Å².